The summed E-state index contributed by atoms with van der Waals surface area (Å²) >= 11 is 0. The fraction of sp³-hybridized carbons (Fsp3) is 0.562. The number of guanidine groups is 1. The maximum Gasteiger partial charge on any atom is 0.191 e. The van der Waals surface area contributed by atoms with Crippen molar-refractivity contribution in [2.45, 2.75) is 33.2 Å². The minimum atomic E-state index is 0. The van der Waals surface area contributed by atoms with Gasteiger partial charge >= 0.3 is 0 Å². The number of piperidine rings is 1. The minimum absolute atomic E-state index is 0. The van der Waals surface area contributed by atoms with E-state index in [1.54, 1.807) is 7.11 Å². The molecule has 0 aliphatic carbocycles. The summed E-state index contributed by atoms with van der Waals surface area (Å²) < 4.78 is 5.39. The SMILES string of the molecule is COc1cc(C)ccc1CN=C(N)N1CCC(C)CC1.I. The van der Waals surface area contributed by atoms with E-state index in [0.717, 1.165) is 30.3 Å². The summed E-state index contributed by atoms with van der Waals surface area (Å²) in [5.41, 5.74) is 8.36. The Morgan fingerprint density at radius 3 is 2.67 bits per heavy atom. The average Bonchev–Trinajstić information content (AvgIpc) is 2.46. The van der Waals surface area contributed by atoms with E-state index in [4.69, 9.17) is 10.5 Å². The Kier molecular flexibility index (Phi) is 7.28. The number of hydrogen-bond acceptors (Lipinski definition) is 2. The van der Waals surface area contributed by atoms with Crippen LogP contribution in [-0.2, 0) is 6.54 Å². The van der Waals surface area contributed by atoms with E-state index in [1.807, 2.05) is 6.07 Å². The van der Waals surface area contributed by atoms with Gasteiger partial charge in [0.2, 0.25) is 0 Å². The molecule has 0 aromatic heterocycles. The normalized spacial score (nSPS) is 16.5. The number of likely N-dealkylation sites (tertiary alicyclic amines) is 1. The van der Waals surface area contributed by atoms with Gasteiger partial charge in [-0.2, -0.15) is 0 Å². The van der Waals surface area contributed by atoms with Crippen LogP contribution < -0.4 is 10.5 Å². The molecule has 1 aromatic rings. The lowest BCUT2D eigenvalue weighted by atomic mass is 10.00. The molecule has 1 saturated heterocycles. The number of aliphatic imine (C=N–C) groups is 1. The van der Waals surface area contributed by atoms with Crippen molar-refractivity contribution in [3.05, 3.63) is 29.3 Å². The lowest BCUT2D eigenvalue weighted by Crippen LogP contribution is -2.42. The number of benzene rings is 1. The van der Waals surface area contributed by atoms with E-state index >= 15 is 0 Å². The maximum absolute atomic E-state index is 6.10. The molecule has 0 atom stereocenters. The number of aryl methyl sites for hydroxylation is 1. The van der Waals surface area contributed by atoms with Crippen molar-refractivity contribution in [3.63, 3.8) is 0 Å². The quantitative estimate of drug-likeness (QED) is 0.479. The Balaban J connectivity index is 0.00000220. The van der Waals surface area contributed by atoms with Crippen LogP contribution >= 0.6 is 24.0 Å². The highest BCUT2D eigenvalue weighted by Crippen LogP contribution is 2.21. The van der Waals surface area contributed by atoms with Crippen molar-refractivity contribution in [1.82, 2.24) is 4.90 Å². The predicted molar refractivity (Wildman–Crippen MR) is 98.4 cm³/mol. The minimum Gasteiger partial charge on any atom is -0.496 e. The predicted octanol–water partition coefficient (Wildman–Crippen LogP) is 3.17. The van der Waals surface area contributed by atoms with Crippen molar-refractivity contribution < 1.29 is 4.74 Å². The molecule has 2 rings (SSSR count). The van der Waals surface area contributed by atoms with Gasteiger partial charge in [-0.25, -0.2) is 4.99 Å². The molecule has 21 heavy (non-hydrogen) atoms. The second kappa shape index (κ2) is 8.46. The Bertz CT molecular complexity index is 482. The third kappa shape index (κ3) is 5.05. The van der Waals surface area contributed by atoms with Crippen LogP contribution in [0, 0.1) is 12.8 Å². The molecule has 0 unspecified atom stereocenters. The Morgan fingerprint density at radius 1 is 1.38 bits per heavy atom. The first kappa shape index (κ1) is 18.1. The number of ether oxygens (including phenoxy) is 1. The molecule has 1 heterocycles. The molecule has 0 bridgehead atoms. The molecule has 0 spiro atoms. The third-order valence-electron chi connectivity index (χ3n) is 3.96. The molecule has 1 fully saturated rings. The Morgan fingerprint density at radius 2 is 2.05 bits per heavy atom. The van der Waals surface area contributed by atoms with E-state index in [1.165, 1.54) is 18.4 Å². The van der Waals surface area contributed by atoms with Crippen molar-refractivity contribution in [1.29, 1.82) is 0 Å². The van der Waals surface area contributed by atoms with Gasteiger partial charge in [-0.15, -0.1) is 24.0 Å². The van der Waals surface area contributed by atoms with Crippen molar-refractivity contribution >= 4 is 29.9 Å². The summed E-state index contributed by atoms with van der Waals surface area (Å²) in [6.45, 7) is 6.95. The largest absolute Gasteiger partial charge is 0.496 e. The van der Waals surface area contributed by atoms with Gasteiger partial charge in [0.05, 0.1) is 13.7 Å². The topological polar surface area (TPSA) is 50.9 Å². The zero-order chi connectivity index (χ0) is 14.5. The number of rotatable bonds is 3. The fourth-order valence-electron chi connectivity index (χ4n) is 2.49. The molecule has 1 aliphatic rings. The van der Waals surface area contributed by atoms with E-state index in [0.29, 0.717) is 12.5 Å². The lowest BCUT2D eigenvalue weighted by molar-refractivity contribution is 0.277. The molecule has 0 amide bonds. The second-order valence-corrected chi connectivity index (χ2v) is 5.66. The summed E-state index contributed by atoms with van der Waals surface area (Å²) in [5, 5.41) is 0. The first-order chi connectivity index (χ1) is 9.60. The van der Waals surface area contributed by atoms with Gasteiger partial charge in [-0.1, -0.05) is 19.1 Å². The molecule has 118 valence electrons. The van der Waals surface area contributed by atoms with Crippen LogP contribution in [0.4, 0.5) is 0 Å². The number of hydrogen-bond donors (Lipinski definition) is 1. The molecule has 1 aliphatic heterocycles. The first-order valence-corrected chi connectivity index (χ1v) is 7.28. The second-order valence-electron chi connectivity index (χ2n) is 5.66. The summed E-state index contributed by atoms with van der Waals surface area (Å²) in [7, 11) is 1.69. The summed E-state index contributed by atoms with van der Waals surface area (Å²) in [5.74, 6) is 2.34. The van der Waals surface area contributed by atoms with Gasteiger partial charge < -0.3 is 15.4 Å². The van der Waals surface area contributed by atoms with E-state index < -0.39 is 0 Å². The first-order valence-electron chi connectivity index (χ1n) is 7.28. The van der Waals surface area contributed by atoms with Crippen molar-refractivity contribution in [2.24, 2.45) is 16.6 Å². The summed E-state index contributed by atoms with van der Waals surface area (Å²) in [6.07, 6.45) is 2.40. The van der Waals surface area contributed by atoms with E-state index in [-0.39, 0.29) is 24.0 Å². The van der Waals surface area contributed by atoms with Crippen molar-refractivity contribution in [3.8, 4) is 5.75 Å². The van der Waals surface area contributed by atoms with Gasteiger partial charge in [0.25, 0.3) is 0 Å². The van der Waals surface area contributed by atoms with Gasteiger partial charge in [-0.05, 0) is 37.3 Å². The van der Waals surface area contributed by atoms with Crippen LogP contribution in [-0.4, -0.2) is 31.1 Å². The number of nitrogens with two attached hydrogens (primary N) is 1. The molecular weight excluding hydrogens is 377 g/mol. The molecule has 2 N–H and O–H groups in total. The smallest absolute Gasteiger partial charge is 0.191 e. The Hall–Kier alpha value is -0.980. The van der Waals surface area contributed by atoms with E-state index in [2.05, 4.69) is 35.9 Å². The molecule has 0 radical (unpaired) electrons. The Labute approximate surface area is 144 Å². The zero-order valence-electron chi connectivity index (χ0n) is 13.1. The fourth-order valence-corrected chi connectivity index (χ4v) is 2.49. The zero-order valence-corrected chi connectivity index (χ0v) is 15.5. The highest BCUT2D eigenvalue weighted by atomic mass is 127. The van der Waals surface area contributed by atoms with Crippen LogP contribution in [0.3, 0.4) is 0 Å². The van der Waals surface area contributed by atoms with Gasteiger partial charge in [0.15, 0.2) is 5.96 Å². The molecule has 4 nitrogen and oxygen atoms in total. The summed E-state index contributed by atoms with van der Waals surface area (Å²) in [6, 6.07) is 6.17. The van der Waals surface area contributed by atoms with Crippen LogP contribution in [0.2, 0.25) is 0 Å². The highest BCUT2D eigenvalue weighted by molar-refractivity contribution is 14.0. The standard InChI is InChI=1S/C16H25N3O.HI/c1-12-6-8-19(9-7-12)16(17)18-11-14-5-4-13(2)10-15(14)20-3;/h4-5,10,12H,6-9,11H2,1-3H3,(H2,17,18);1H. The number of nitrogens with zero attached hydrogens (tertiary/aromatic N) is 2. The summed E-state index contributed by atoms with van der Waals surface area (Å²) in [4.78, 5) is 6.70. The van der Waals surface area contributed by atoms with Gasteiger partial charge in [0.1, 0.15) is 5.75 Å². The van der Waals surface area contributed by atoms with Crippen LogP contribution in [0.1, 0.15) is 30.9 Å². The average molecular weight is 403 g/mol. The monoisotopic (exact) mass is 403 g/mol. The molecule has 1 aromatic carbocycles. The van der Waals surface area contributed by atoms with E-state index in [9.17, 15) is 0 Å². The maximum atomic E-state index is 6.10. The van der Waals surface area contributed by atoms with Crippen LogP contribution in [0.5, 0.6) is 5.75 Å². The highest BCUT2D eigenvalue weighted by Gasteiger charge is 2.16. The number of methoxy groups -OCH3 is 1. The van der Waals surface area contributed by atoms with Gasteiger partial charge in [-0.3, -0.25) is 0 Å². The number of halogens is 1. The van der Waals surface area contributed by atoms with Gasteiger partial charge in [0, 0.05) is 18.7 Å². The third-order valence-corrected chi connectivity index (χ3v) is 3.96. The molecular formula is C16H26IN3O. The molecule has 5 heteroatoms. The van der Waals surface area contributed by atoms with Crippen LogP contribution in [0.25, 0.3) is 0 Å². The molecule has 0 saturated carbocycles. The van der Waals surface area contributed by atoms with Crippen molar-refractivity contribution in [2.75, 3.05) is 20.2 Å². The lowest BCUT2D eigenvalue weighted by Gasteiger charge is -2.31. The van der Waals surface area contributed by atoms with Crippen LogP contribution in [0.15, 0.2) is 23.2 Å².